The number of ether oxygens (including phenoxy) is 1. The highest BCUT2D eigenvalue weighted by molar-refractivity contribution is 5.66. The van der Waals surface area contributed by atoms with Gasteiger partial charge in [-0.05, 0) is 18.2 Å². The average Bonchev–Trinajstić information content (AvgIpc) is 2.75. The lowest BCUT2D eigenvalue weighted by molar-refractivity contribution is 0.0398. The molecule has 7 heteroatoms. The van der Waals surface area contributed by atoms with Crippen molar-refractivity contribution in [3.05, 3.63) is 66.5 Å². The van der Waals surface area contributed by atoms with Crippen LogP contribution >= 0.6 is 0 Å². The summed E-state index contributed by atoms with van der Waals surface area (Å²) in [5.74, 6) is 0.843. The molecule has 2 heterocycles. The lowest BCUT2D eigenvalue weighted by Crippen LogP contribution is -2.39. The molecular formula is C22H24FN5O. The van der Waals surface area contributed by atoms with Gasteiger partial charge in [-0.25, -0.2) is 9.37 Å². The van der Waals surface area contributed by atoms with Crippen molar-refractivity contribution in [2.45, 2.75) is 0 Å². The molecule has 1 aliphatic rings. The van der Waals surface area contributed by atoms with Gasteiger partial charge < -0.3 is 15.4 Å². The van der Waals surface area contributed by atoms with Crippen LogP contribution in [0.15, 0.2) is 60.7 Å². The summed E-state index contributed by atoms with van der Waals surface area (Å²) >= 11 is 0. The Labute approximate surface area is 169 Å². The molecule has 1 fully saturated rings. The molecule has 0 bridgehead atoms. The van der Waals surface area contributed by atoms with Crippen LogP contribution in [0.5, 0.6) is 0 Å². The molecule has 0 amide bonds. The number of aromatic nitrogens is 2. The zero-order valence-electron chi connectivity index (χ0n) is 16.1. The van der Waals surface area contributed by atoms with Crippen LogP contribution in [-0.4, -0.2) is 54.3 Å². The fourth-order valence-electron chi connectivity index (χ4n) is 3.21. The Bertz CT molecular complexity index is 931. The summed E-state index contributed by atoms with van der Waals surface area (Å²) in [5, 5.41) is 6.50. The number of halogens is 1. The molecule has 29 heavy (non-hydrogen) atoms. The van der Waals surface area contributed by atoms with E-state index in [1.54, 1.807) is 12.1 Å². The van der Waals surface area contributed by atoms with E-state index in [1.165, 1.54) is 12.1 Å². The minimum Gasteiger partial charge on any atom is -0.379 e. The molecule has 1 saturated heterocycles. The Morgan fingerprint density at radius 3 is 2.59 bits per heavy atom. The van der Waals surface area contributed by atoms with Crippen molar-refractivity contribution < 1.29 is 9.13 Å². The molecule has 1 aromatic heterocycles. The fraction of sp³-hybridized carbons (Fsp3) is 0.273. The van der Waals surface area contributed by atoms with Crippen molar-refractivity contribution in [1.82, 2.24) is 14.9 Å². The minimum atomic E-state index is -0.307. The van der Waals surface area contributed by atoms with Crippen LogP contribution in [0.4, 0.5) is 21.8 Å². The Morgan fingerprint density at radius 2 is 1.79 bits per heavy atom. The predicted molar refractivity (Wildman–Crippen MR) is 113 cm³/mol. The molecule has 150 valence electrons. The van der Waals surface area contributed by atoms with Gasteiger partial charge in [0.15, 0.2) is 0 Å². The molecule has 2 N–H and O–H groups in total. The third kappa shape index (κ3) is 5.49. The van der Waals surface area contributed by atoms with Crippen molar-refractivity contribution in [2.75, 3.05) is 50.0 Å². The maximum atomic E-state index is 13.5. The predicted octanol–water partition coefficient (Wildman–Crippen LogP) is 3.77. The summed E-state index contributed by atoms with van der Waals surface area (Å²) in [6, 6.07) is 18.1. The first-order valence-electron chi connectivity index (χ1n) is 9.77. The van der Waals surface area contributed by atoms with Crippen LogP contribution in [0.3, 0.4) is 0 Å². The third-order valence-electron chi connectivity index (χ3n) is 4.71. The molecule has 2 aromatic carbocycles. The third-order valence-corrected chi connectivity index (χ3v) is 4.71. The number of hydrogen-bond acceptors (Lipinski definition) is 6. The summed E-state index contributed by atoms with van der Waals surface area (Å²) in [6.07, 6.45) is 0. The van der Waals surface area contributed by atoms with Crippen molar-refractivity contribution in [1.29, 1.82) is 0 Å². The van der Waals surface area contributed by atoms with E-state index in [2.05, 4.69) is 25.5 Å². The Kier molecular flexibility index (Phi) is 6.29. The van der Waals surface area contributed by atoms with Crippen LogP contribution < -0.4 is 10.6 Å². The van der Waals surface area contributed by atoms with E-state index in [-0.39, 0.29) is 5.82 Å². The first-order chi connectivity index (χ1) is 14.3. The number of hydrogen-bond donors (Lipinski definition) is 2. The van der Waals surface area contributed by atoms with Gasteiger partial charge in [0.2, 0.25) is 5.95 Å². The van der Waals surface area contributed by atoms with Crippen molar-refractivity contribution in [2.24, 2.45) is 0 Å². The van der Waals surface area contributed by atoms with Gasteiger partial charge in [-0.3, -0.25) is 4.90 Å². The van der Waals surface area contributed by atoms with Gasteiger partial charge in [-0.2, -0.15) is 4.98 Å². The number of rotatable bonds is 7. The van der Waals surface area contributed by atoms with Crippen LogP contribution in [0, 0.1) is 5.82 Å². The molecule has 0 unspecified atom stereocenters. The largest absolute Gasteiger partial charge is 0.379 e. The smallest absolute Gasteiger partial charge is 0.229 e. The standard InChI is InChI=1S/C22H24FN5O/c23-18-7-4-8-19(15-18)25-22-26-20(17-5-2-1-3-6-17)16-21(27-22)24-9-10-28-11-13-29-14-12-28/h1-8,15-16H,9-14H2,(H2,24,25,26,27). The van der Waals surface area contributed by atoms with Gasteiger partial charge in [0.05, 0.1) is 18.9 Å². The highest BCUT2D eigenvalue weighted by Gasteiger charge is 2.11. The molecular weight excluding hydrogens is 369 g/mol. The topological polar surface area (TPSA) is 62.3 Å². The van der Waals surface area contributed by atoms with E-state index in [1.807, 2.05) is 36.4 Å². The number of nitrogens with zero attached hydrogens (tertiary/aromatic N) is 3. The van der Waals surface area contributed by atoms with Gasteiger partial charge >= 0.3 is 0 Å². The second-order valence-corrected chi connectivity index (χ2v) is 6.84. The van der Waals surface area contributed by atoms with Gasteiger partial charge in [-0.15, -0.1) is 0 Å². The van der Waals surface area contributed by atoms with Crippen molar-refractivity contribution in [3.63, 3.8) is 0 Å². The second-order valence-electron chi connectivity index (χ2n) is 6.84. The normalized spacial score (nSPS) is 14.5. The molecule has 1 aliphatic heterocycles. The SMILES string of the molecule is Fc1cccc(Nc2nc(NCCN3CCOCC3)cc(-c3ccccc3)n2)c1. The molecule has 6 nitrogen and oxygen atoms in total. The highest BCUT2D eigenvalue weighted by Crippen LogP contribution is 2.23. The molecule has 0 aliphatic carbocycles. The van der Waals surface area contributed by atoms with E-state index in [4.69, 9.17) is 4.74 Å². The average molecular weight is 393 g/mol. The quantitative estimate of drug-likeness (QED) is 0.637. The summed E-state index contributed by atoms with van der Waals surface area (Å²) in [4.78, 5) is 11.5. The number of nitrogens with one attached hydrogen (secondary N) is 2. The number of morpholine rings is 1. The zero-order chi connectivity index (χ0) is 19.9. The van der Waals surface area contributed by atoms with Crippen LogP contribution in [0.2, 0.25) is 0 Å². The summed E-state index contributed by atoms with van der Waals surface area (Å²) in [5.41, 5.74) is 2.40. The Morgan fingerprint density at radius 1 is 0.966 bits per heavy atom. The van der Waals surface area contributed by atoms with E-state index in [0.717, 1.165) is 56.5 Å². The lowest BCUT2D eigenvalue weighted by Gasteiger charge is -2.26. The summed E-state index contributed by atoms with van der Waals surface area (Å²) < 4.78 is 18.9. The van der Waals surface area contributed by atoms with E-state index >= 15 is 0 Å². The minimum absolute atomic E-state index is 0.307. The van der Waals surface area contributed by atoms with E-state index in [0.29, 0.717) is 11.6 Å². The number of anilines is 3. The van der Waals surface area contributed by atoms with Gasteiger partial charge in [0, 0.05) is 43.5 Å². The maximum absolute atomic E-state index is 13.5. The molecule has 0 spiro atoms. The maximum Gasteiger partial charge on any atom is 0.229 e. The zero-order valence-corrected chi connectivity index (χ0v) is 16.1. The van der Waals surface area contributed by atoms with Gasteiger partial charge in [0.25, 0.3) is 0 Å². The molecule has 4 rings (SSSR count). The molecule has 0 atom stereocenters. The van der Waals surface area contributed by atoms with Gasteiger partial charge in [-0.1, -0.05) is 36.4 Å². The molecule has 3 aromatic rings. The lowest BCUT2D eigenvalue weighted by atomic mass is 10.1. The molecule has 0 radical (unpaired) electrons. The van der Waals surface area contributed by atoms with Gasteiger partial charge in [0.1, 0.15) is 11.6 Å². The first kappa shape index (κ1) is 19.3. The summed E-state index contributed by atoms with van der Waals surface area (Å²) in [6.45, 7) is 5.16. The van der Waals surface area contributed by atoms with Crippen LogP contribution in [0.25, 0.3) is 11.3 Å². The number of benzene rings is 2. The van der Waals surface area contributed by atoms with Crippen molar-refractivity contribution in [3.8, 4) is 11.3 Å². The van der Waals surface area contributed by atoms with Crippen LogP contribution in [-0.2, 0) is 4.74 Å². The fourth-order valence-corrected chi connectivity index (χ4v) is 3.21. The molecule has 0 saturated carbocycles. The van der Waals surface area contributed by atoms with Crippen LogP contribution in [0.1, 0.15) is 0 Å². The van der Waals surface area contributed by atoms with E-state index < -0.39 is 0 Å². The summed E-state index contributed by atoms with van der Waals surface area (Å²) in [7, 11) is 0. The monoisotopic (exact) mass is 393 g/mol. The first-order valence-corrected chi connectivity index (χ1v) is 9.77. The van der Waals surface area contributed by atoms with E-state index in [9.17, 15) is 4.39 Å². The Hall–Kier alpha value is -3.03. The highest BCUT2D eigenvalue weighted by atomic mass is 19.1. The van der Waals surface area contributed by atoms with Crippen molar-refractivity contribution >= 4 is 17.5 Å². The second kappa shape index (κ2) is 9.45. The Balaban J connectivity index is 1.52.